The molecule has 118 valence electrons. The molecule has 1 unspecified atom stereocenters. The van der Waals surface area contributed by atoms with Gasteiger partial charge in [-0.1, -0.05) is 18.2 Å². The number of rotatable bonds is 4. The first kappa shape index (κ1) is 15.1. The molecule has 1 saturated heterocycles. The molecule has 2 aromatic rings. The summed E-state index contributed by atoms with van der Waals surface area (Å²) in [4.78, 5) is 14.6. The lowest BCUT2D eigenvalue weighted by Crippen LogP contribution is -2.43. The minimum absolute atomic E-state index is 0.151. The van der Waals surface area contributed by atoms with Gasteiger partial charge in [0, 0.05) is 25.0 Å². The first-order chi connectivity index (χ1) is 10.6. The van der Waals surface area contributed by atoms with Crippen molar-refractivity contribution in [3.05, 3.63) is 40.3 Å². The van der Waals surface area contributed by atoms with Gasteiger partial charge in [0.2, 0.25) is 0 Å². The number of aliphatic hydroxyl groups excluding tert-OH is 1. The van der Waals surface area contributed by atoms with Gasteiger partial charge in [0.25, 0.3) is 5.56 Å². The number of hydrogen-bond acceptors (Lipinski definition) is 5. The Bertz CT molecular complexity index is 707. The van der Waals surface area contributed by atoms with Crippen LogP contribution in [0.4, 0.5) is 0 Å². The average Bonchev–Trinajstić information content (AvgIpc) is 2.53. The minimum Gasteiger partial charge on any atom is -0.390 e. The number of nitrogens with zero attached hydrogens (tertiary/aromatic N) is 3. The average molecular weight is 303 g/mol. The summed E-state index contributed by atoms with van der Waals surface area (Å²) in [6.07, 6.45) is -0.621. The van der Waals surface area contributed by atoms with Crippen LogP contribution in [0, 0.1) is 6.92 Å². The van der Waals surface area contributed by atoms with Crippen molar-refractivity contribution in [1.82, 2.24) is 14.7 Å². The molecule has 0 amide bonds. The predicted molar refractivity (Wildman–Crippen MR) is 84.0 cm³/mol. The smallest absolute Gasteiger partial charge is 0.274 e. The van der Waals surface area contributed by atoms with Crippen LogP contribution in [0.15, 0.2) is 29.1 Å². The van der Waals surface area contributed by atoms with Crippen LogP contribution in [0.2, 0.25) is 0 Å². The highest BCUT2D eigenvalue weighted by Crippen LogP contribution is 2.12. The van der Waals surface area contributed by atoms with E-state index < -0.39 is 6.10 Å². The Kier molecular flexibility index (Phi) is 4.52. The van der Waals surface area contributed by atoms with Crippen LogP contribution in [0.25, 0.3) is 10.8 Å². The maximum absolute atomic E-state index is 12.5. The monoisotopic (exact) mass is 303 g/mol. The lowest BCUT2D eigenvalue weighted by Gasteiger charge is -2.28. The fourth-order valence-electron chi connectivity index (χ4n) is 2.87. The Labute approximate surface area is 128 Å². The van der Waals surface area contributed by atoms with E-state index in [1.807, 2.05) is 25.1 Å². The maximum Gasteiger partial charge on any atom is 0.274 e. The normalized spacial score (nSPS) is 17.7. The third kappa shape index (κ3) is 3.19. The van der Waals surface area contributed by atoms with Crippen LogP contribution in [-0.4, -0.2) is 58.7 Å². The van der Waals surface area contributed by atoms with Crippen molar-refractivity contribution in [1.29, 1.82) is 0 Å². The van der Waals surface area contributed by atoms with Gasteiger partial charge in [0.15, 0.2) is 0 Å². The van der Waals surface area contributed by atoms with E-state index in [1.54, 1.807) is 6.07 Å². The highest BCUT2D eigenvalue weighted by atomic mass is 16.5. The summed E-state index contributed by atoms with van der Waals surface area (Å²) in [5.74, 6) is 0. The maximum atomic E-state index is 12.5. The van der Waals surface area contributed by atoms with Crippen LogP contribution in [-0.2, 0) is 11.3 Å². The van der Waals surface area contributed by atoms with Crippen LogP contribution in [0.1, 0.15) is 5.69 Å². The summed E-state index contributed by atoms with van der Waals surface area (Å²) < 4.78 is 6.67. The number of ether oxygens (including phenoxy) is 1. The number of benzene rings is 1. The van der Waals surface area contributed by atoms with Gasteiger partial charge < -0.3 is 9.84 Å². The molecule has 1 aromatic carbocycles. The molecule has 0 spiro atoms. The van der Waals surface area contributed by atoms with E-state index in [0.29, 0.717) is 25.1 Å². The molecule has 1 aliphatic rings. The fourth-order valence-corrected chi connectivity index (χ4v) is 2.87. The van der Waals surface area contributed by atoms with Gasteiger partial charge in [-0.2, -0.15) is 5.10 Å². The van der Waals surface area contributed by atoms with Crippen LogP contribution in [0.3, 0.4) is 0 Å². The van der Waals surface area contributed by atoms with Gasteiger partial charge in [-0.15, -0.1) is 0 Å². The van der Waals surface area contributed by atoms with E-state index in [4.69, 9.17) is 4.74 Å². The number of fused-ring (bicyclic) bond motifs is 1. The standard InChI is InChI=1S/C16H21N3O3/c1-12-14-4-2-3-5-15(14)16(21)19(17-12)11-13(20)10-18-6-8-22-9-7-18/h2-5,13,20H,6-11H2,1H3. The van der Waals surface area contributed by atoms with Crippen LogP contribution >= 0.6 is 0 Å². The Morgan fingerprint density at radius 2 is 1.91 bits per heavy atom. The van der Waals surface area contributed by atoms with E-state index in [-0.39, 0.29) is 12.1 Å². The number of β-amino-alcohol motifs (C(OH)–C–C–N with tert-alkyl or cyclic N) is 1. The van der Waals surface area contributed by atoms with Gasteiger partial charge in [-0.3, -0.25) is 9.69 Å². The summed E-state index contributed by atoms with van der Waals surface area (Å²) in [7, 11) is 0. The lowest BCUT2D eigenvalue weighted by atomic mass is 10.1. The first-order valence-electron chi connectivity index (χ1n) is 7.60. The number of aromatic nitrogens is 2. The minimum atomic E-state index is -0.621. The zero-order chi connectivity index (χ0) is 15.5. The SMILES string of the molecule is Cc1nn(CC(O)CN2CCOCC2)c(=O)c2ccccc12. The zero-order valence-corrected chi connectivity index (χ0v) is 12.7. The number of aryl methyl sites for hydroxylation is 1. The Morgan fingerprint density at radius 1 is 1.23 bits per heavy atom. The molecule has 1 aliphatic heterocycles. The van der Waals surface area contributed by atoms with Crippen molar-refractivity contribution in [2.75, 3.05) is 32.8 Å². The Morgan fingerprint density at radius 3 is 2.64 bits per heavy atom. The molecule has 6 nitrogen and oxygen atoms in total. The van der Waals surface area contributed by atoms with Crippen molar-refractivity contribution < 1.29 is 9.84 Å². The Hall–Kier alpha value is -1.76. The number of hydrogen-bond donors (Lipinski definition) is 1. The largest absolute Gasteiger partial charge is 0.390 e. The highest BCUT2D eigenvalue weighted by Gasteiger charge is 2.17. The van der Waals surface area contributed by atoms with E-state index in [1.165, 1.54) is 4.68 Å². The second-order valence-corrected chi connectivity index (χ2v) is 5.69. The molecule has 2 heterocycles. The summed E-state index contributed by atoms with van der Waals surface area (Å²) in [5.41, 5.74) is 0.649. The molecule has 3 rings (SSSR count). The van der Waals surface area contributed by atoms with Gasteiger partial charge in [0.05, 0.1) is 36.9 Å². The molecule has 1 fully saturated rings. The summed E-state index contributed by atoms with van der Waals surface area (Å²) >= 11 is 0. The molecule has 0 saturated carbocycles. The Balaban J connectivity index is 1.78. The van der Waals surface area contributed by atoms with E-state index in [0.717, 1.165) is 24.2 Å². The second kappa shape index (κ2) is 6.56. The molecule has 0 aliphatic carbocycles. The fraction of sp³-hybridized carbons (Fsp3) is 0.500. The van der Waals surface area contributed by atoms with Gasteiger partial charge >= 0.3 is 0 Å². The molecule has 6 heteroatoms. The summed E-state index contributed by atoms with van der Waals surface area (Å²) in [5, 5.41) is 16.1. The molecule has 22 heavy (non-hydrogen) atoms. The quantitative estimate of drug-likeness (QED) is 0.885. The molecule has 1 atom stereocenters. The first-order valence-corrected chi connectivity index (χ1v) is 7.60. The number of morpholine rings is 1. The van der Waals surface area contributed by atoms with E-state index in [9.17, 15) is 9.90 Å². The lowest BCUT2D eigenvalue weighted by molar-refractivity contribution is 0.0105. The van der Waals surface area contributed by atoms with E-state index >= 15 is 0 Å². The third-order valence-electron chi connectivity index (χ3n) is 4.01. The van der Waals surface area contributed by atoms with Crippen molar-refractivity contribution in [3.8, 4) is 0 Å². The van der Waals surface area contributed by atoms with Crippen molar-refractivity contribution in [2.45, 2.75) is 19.6 Å². The molecule has 0 bridgehead atoms. The number of aliphatic hydroxyl groups is 1. The molecular weight excluding hydrogens is 282 g/mol. The van der Waals surface area contributed by atoms with Crippen molar-refractivity contribution in [2.24, 2.45) is 0 Å². The van der Waals surface area contributed by atoms with Crippen LogP contribution in [0.5, 0.6) is 0 Å². The molecule has 1 N–H and O–H groups in total. The second-order valence-electron chi connectivity index (χ2n) is 5.69. The zero-order valence-electron chi connectivity index (χ0n) is 12.7. The summed E-state index contributed by atoms with van der Waals surface area (Å²) in [6.45, 7) is 5.64. The van der Waals surface area contributed by atoms with Gasteiger partial charge in [-0.25, -0.2) is 4.68 Å². The van der Waals surface area contributed by atoms with Gasteiger partial charge in [-0.05, 0) is 13.0 Å². The van der Waals surface area contributed by atoms with Crippen molar-refractivity contribution >= 4 is 10.8 Å². The molecule has 0 radical (unpaired) electrons. The topological polar surface area (TPSA) is 67.6 Å². The molecular formula is C16H21N3O3. The highest BCUT2D eigenvalue weighted by molar-refractivity contribution is 5.83. The molecule has 1 aromatic heterocycles. The van der Waals surface area contributed by atoms with Gasteiger partial charge in [0.1, 0.15) is 0 Å². The van der Waals surface area contributed by atoms with E-state index in [2.05, 4.69) is 10.00 Å². The van der Waals surface area contributed by atoms with Crippen molar-refractivity contribution in [3.63, 3.8) is 0 Å². The van der Waals surface area contributed by atoms with Crippen LogP contribution < -0.4 is 5.56 Å². The third-order valence-corrected chi connectivity index (χ3v) is 4.01. The predicted octanol–water partition coefficient (Wildman–Crippen LogP) is 0.398. The summed E-state index contributed by atoms with van der Waals surface area (Å²) in [6, 6.07) is 7.44.